The van der Waals surface area contributed by atoms with E-state index >= 15 is 0 Å². The summed E-state index contributed by atoms with van der Waals surface area (Å²) < 4.78 is 12.6. The van der Waals surface area contributed by atoms with Crippen molar-refractivity contribution in [3.63, 3.8) is 0 Å². The van der Waals surface area contributed by atoms with Gasteiger partial charge in [0, 0.05) is 36.7 Å². The minimum atomic E-state index is -0.501. The molecule has 3 aromatic rings. The molecular formula is C19H21N5O4. The maximum Gasteiger partial charge on any atom is 0.414 e. The van der Waals surface area contributed by atoms with Gasteiger partial charge in [-0.15, -0.1) is 0 Å². The number of aromatic nitrogens is 3. The van der Waals surface area contributed by atoms with E-state index in [4.69, 9.17) is 9.26 Å². The molecule has 2 aromatic heterocycles. The smallest absolute Gasteiger partial charge is 0.414 e. The van der Waals surface area contributed by atoms with Gasteiger partial charge in [0.05, 0.1) is 5.69 Å². The summed E-state index contributed by atoms with van der Waals surface area (Å²) in [7, 11) is 0. The standard InChI is InChI=1S/C19H21N5O4/c1-13-18(14(2)28-21-13)16-5-3-4-15(10-16)11-22-6-7-23-12-17(24(25)26)20-19(23)27-9-8-22/h3-5,10,12H,6-9,11H2,1-2H3. The number of hydrogen-bond donors (Lipinski definition) is 0. The number of imidazole rings is 1. The quantitative estimate of drug-likeness (QED) is 0.504. The number of aryl methyl sites for hydroxylation is 2. The third kappa shape index (κ3) is 3.61. The minimum Gasteiger partial charge on any atom is -0.444 e. The molecular weight excluding hydrogens is 362 g/mol. The highest BCUT2D eigenvalue weighted by Gasteiger charge is 2.23. The van der Waals surface area contributed by atoms with E-state index < -0.39 is 4.92 Å². The van der Waals surface area contributed by atoms with E-state index in [2.05, 4.69) is 33.2 Å². The second-order valence-corrected chi connectivity index (χ2v) is 6.86. The summed E-state index contributed by atoms with van der Waals surface area (Å²) in [6.45, 7) is 7.09. The zero-order valence-corrected chi connectivity index (χ0v) is 15.8. The Bertz CT molecular complexity index is 990. The number of nitro groups is 1. The van der Waals surface area contributed by atoms with E-state index in [0.717, 1.165) is 42.2 Å². The van der Waals surface area contributed by atoms with Gasteiger partial charge in [0.2, 0.25) is 0 Å². The molecule has 9 heteroatoms. The Morgan fingerprint density at radius 3 is 2.86 bits per heavy atom. The van der Waals surface area contributed by atoms with Crippen molar-refractivity contribution in [2.75, 3.05) is 19.7 Å². The molecule has 0 N–H and O–H groups in total. The predicted octanol–water partition coefficient (Wildman–Crippen LogP) is 2.96. The van der Waals surface area contributed by atoms with Crippen LogP contribution in [0.25, 0.3) is 11.1 Å². The molecule has 3 heterocycles. The lowest BCUT2D eigenvalue weighted by Crippen LogP contribution is -2.33. The van der Waals surface area contributed by atoms with E-state index in [0.29, 0.717) is 19.2 Å². The Morgan fingerprint density at radius 1 is 1.25 bits per heavy atom. The van der Waals surface area contributed by atoms with Gasteiger partial charge in [-0.25, -0.2) is 0 Å². The van der Waals surface area contributed by atoms with Crippen LogP contribution in [0.3, 0.4) is 0 Å². The van der Waals surface area contributed by atoms with Crippen molar-refractivity contribution in [2.45, 2.75) is 26.9 Å². The Morgan fingerprint density at radius 2 is 2.11 bits per heavy atom. The van der Waals surface area contributed by atoms with Gasteiger partial charge in [-0.2, -0.15) is 0 Å². The largest absolute Gasteiger partial charge is 0.444 e. The van der Waals surface area contributed by atoms with Crippen LogP contribution in [0.1, 0.15) is 17.0 Å². The first kappa shape index (κ1) is 18.2. The zero-order chi connectivity index (χ0) is 19.7. The topological polar surface area (TPSA) is 99.5 Å². The molecule has 1 aliphatic rings. The van der Waals surface area contributed by atoms with Gasteiger partial charge < -0.3 is 19.4 Å². The number of nitrogens with zero attached hydrogens (tertiary/aromatic N) is 5. The van der Waals surface area contributed by atoms with E-state index in [-0.39, 0.29) is 5.82 Å². The van der Waals surface area contributed by atoms with Crippen LogP contribution in [0.5, 0.6) is 6.01 Å². The molecule has 4 rings (SSSR count). The lowest BCUT2D eigenvalue weighted by Gasteiger charge is -2.24. The SMILES string of the molecule is Cc1noc(C)c1-c1cccc(CN2CCOc3nc([N+](=O)[O-])cn3CC2)c1. The second-order valence-electron chi connectivity index (χ2n) is 6.86. The summed E-state index contributed by atoms with van der Waals surface area (Å²) in [5.41, 5.74) is 4.18. The molecule has 9 nitrogen and oxygen atoms in total. The van der Waals surface area contributed by atoms with Crippen molar-refractivity contribution in [3.05, 3.63) is 57.6 Å². The average molecular weight is 383 g/mol. The predicted molar refractivity (Wildman–Crippen MR) is 101 cm³/mol. The average Bonchev–Trinajstić information content (AvgIpc) is 3.20. The summed E-state index contributed by atoms with van der Waals surface area (Å²) in [5, 5.41) is 15.0. The van der Waals surface area contributed by atoms with Crippen LogP contribution >= 0.6 is 0 Å². The molecule has 28 heavy (non-hydrogen) atoms. The van der Waals surface area contributed by atoms with Crippen LogP contribution in [0.15, 0.2) is 35.0 Å². The molecule has 0 saturated carbocycles. The third-order valence-corrected chi connectivity index (χ3v) is 4.87. The molecule has 0 fully saturated rings. The molecule has 146 valence electrons. The Hall–Kier alpha value is -3.20. The van der Waals surface area contributed by atoms with Gasteiger partial charge in [-0.1, -0.05) is 23.4 Å². The highest BCUT2D eigenvalue weighted by Crippen LogP contribution is 2.28. The van der Waals surface area contributed by atoms with Gasteiger partial charge in [0.1, 0.15) is 18.6 Å². The second kappa shape index (κ2) is 7.43. The summed E-state index contributed by atoms with van der Waals surface area (Å²) in [6.07, 6.45) is 1.43. The van der Waals surface area contributed by atoms with Crippen LogP contribution in [0.2, 0.25) is 0 Å². The summed E-state index contributed by atoms with van der Waals surface area (Å²) in [6, 6.07) is 8.65. The highest BCUT2D eigenvalue weighted by molar-refractivity contribution is 5.68. The number of ether oxygens (including phenoxy) is 1. The molecule has 0 bridgehead atoms. The number of benzene rings is 1. The fourth-order valence-electron chi connectivity index (χ4n) is 3.51. The van der Waals surface area contributed by atoms with Crippen LogP contribution in [-0.2, 0) is 13.1 Å². The van der Waals surface area contributed by atoms with Crippen LogP contribution in [-0.4, -0.2) is 44.2 Å². The van der Waals surface area contributed by atoms with Crippen molar-refractivity contribution in [3.8, 4) is 17.1 Å². The van der Waals surface area contributed by atoms with Gasteiger partial charge in [0.25, 0.3) is 0 Å². The van der Waals surface area contributed by atoms with Gasteiger partial charge in [0.15, 0.2) is 0 Å². The van der Waals surface area contributed by atoms with E-state index in [1.807, 2.05) is 19.9 Å². The molecule has 0 atom stereocenters. The summed E-state index contributed by atoms with van der Waals surface area (Å²) in [4.78, 5) is 16.6. The fraction of sp³-hybridized carbons (Fsp3) is 0.368. The maximum absolute atomic E-state index is 10.9. The van der Waals surface area contributed by atoms with Crippen molar-refractivity contribution >= 4 is 5.82 Å². The van der Waals surface area contributed by atoms with Crippen molar-refractivity contribution < 1.29 is 14.2 Å². The monoisotopic (exact) mass is 383 g/mol. The van der Waals surface area contributed by atoms with Crippen LogP contribution in [0, 0.1) is 24.0 Å². The molecule has 0 unspecified atom stereocenters. The van der Waals surface area contributed by atoms with E-state index in [9.17, 15) is 10.1 Å². The van der Waals surface area contributed by atoms with Gasteiger partial charge in [-0.05, 0) is 36.0 Å². The maximum atomic E-state index is 10.9. The van der Waals surface area contributed by atoms with Crippen LogP contribution < -0.4 is 4.74 Å². The molecule has 0 spiro atoms. The molecule has 0 amide bonds. The number of hydrogen-bond acceptors (Lipinski definition) is 7. The molecule has 0 saturated heterocycles. The van der Waals surface area contributed by atoms with Crippen LogP contribution in [0.4, 0.5) is 5.82 Å². The van der Waals surface area contributed by atoms with Crippen molar-refractivity contribution in [1.29, 1.82) is 0 Å². The fourth-order valence-corrected chi connectivity index (χ4v) is 3.51. The zero-order valence-electron chi connectivity index (χ0n) is 15.8. The molecule has 0 radical (unpaired) electrons. The number of fused-ring (bicyclic) bond motifs is 1. The van der Waals surface area contributed by atoms with E-state index in [1.165, 1.54) is 11.8 Å². The number of rotatable bonds is 4. The Balaban J connectivity index is 1.49. The third-order valence-electron chi connectivity index (χ3n) is 4.87. The first-order chi connectivity index (χ1) is 13.5. The molecule has 1 aromatic carbocycles. The van der Waals surface area contributed by atoms with Crippen molar-refractivity contribution in [2.24, 2.45) is 0 Å². The normalized spacial score (nSPS) is 14.8. The Labute approximate surface area is 161 Å². The molecule has 1 aliphatic heterocycles. The van der Waals surface area contributed by atoms with E-state index in [1.54, 1.807) is 4.57 Å². The lowest BCUT2D eigenvalue weighted by molar-refractivity contribution is -0.389. The highest BCUT2D eigenvalue weighted by atomic mass is 16.6. The lowest BCUT2D eigenvalue weighted by atomic mass is 10.0. The summed E-state index contributed by atoms with van der Waals surface area (Å²) in [5.74, 6) is 0.624. The molecule has 0 aliphatic carbocycles. The Kier molecular flexibility index (Phi) is 4.82. The first-order valence-corrected chi connectivity index (χ1v) is 9.10. The minimum absolute atomic E-state index is 0.185. The van der Waals surface area contributed by atoms with Crippen molar-refractivity contribution in [1.82, 2.24) is 19.6 Å². The first-order valence-electron chi connectivity index (χ1n) is 9.10. The van der Waals surface area contributed by atoms with Gasteiger partial charge >= 0.3 is 11.8 Å². The summed E-state index contributed by atoms with van der Waals surface area (Å²) >= 11 is 0. The van der Waals surface area contributed by atoms with Gasteiger partial charge in [-0.3, -0.25) is 9.47 Å².